The molecule has 6 amide bonds. The Morgan fingerprint density at radius 3 is 2.38 bits per heavy atom. The number of carbonyl (C=O) groups is 4. The zero-order valence-corrected chi connectivity index (χ0v) is 16.7. The summed E-state index contributed by atoms with van der Waals surface area (Å²) in [4.78, 5) is 50.5. The van der Waals surface area contributed by atoms with E-state index in [0.717, 1.165) is 29.8 Å². The van der Waals surface area contributed by atoms with Gasteiger partial charge in [0.05, 0.1) is 0 Å². The Balaban J connectivity index is 1.95. The predicted molar refractivity (Wildman–Crippen MR) is 110 cm³/mol. The molecule has 1 heterocycles. The van der Waals surface area contributed by atoms with Crippen LogP contribution < -0.4 is 21.3 Å². The highest BCUT2D eigenvalue weighted by Gasteiger charge is 2.35. The Hall–Kier alpha value is -3.36. The number of hydrogen-bond donors (Lipinski definition) is 3. The summed E-state index contributed by atoms with van der Waals surface area (Å²) in [6.07, 6.45) is 4.46. The zero-order chi connectivity index (χ0) is 21.4. The largest absolute Gasteiger partial charge is 0.378 e. The number of primary amides is 1. The Labute approximate surface area is 169 Å². The van der Waals surface area contributed by atoms with Gasteiger partial charge in [-0.05, 0) is 36.6 Å². The van der Waals surface area contributed by atoms with Crippen LogP contribution in [0.5, 0.6) is 0 Å². The monoisotopic (exact) mass is 401 g/mol. The summed E-state index contributed by atoms with van der Waals surface area (Å²) < 4.78 is 0. The third-order valence-electron chi connectivity index (χ3n) is 4.51. The fraction of sp³-hybridized carbons (Fsp3) is 0.400. The molecule has 1 aromatic carbocycles. The smallest absolute Gasteiger partial charge is 0.331 e. The van der Waals surface area contributed by atoms with Crippen molar-refractivity contribution in [3.63, 3.8) is 0 Å². The molecule has 9 heteroatoms. The average molecular weight is 401 g/mol. The number of benzene rings is 1. The van der Waals surface area contributed by atoms with Gasteiger partial charge >= 0.3 is 12.1 Å². The van der Waals surface area contributed by atoms with Crippen LogP contribution in [0, 0.1) is 0 Å². The molecule has 1 fully saturated rings. The van der Waals surface area contributed by atoms with Crippen LogP contribution in [-0.4, -0.2) is 56.0 Å². The van der Waals surface area contributed by atoms with Gasteiger partial charge in [0.15, 0.2) is 0 Å². The fourth-order valence-electron chi connectivity index (χ4n) is 2.89. The maximum Gasteiger partial charge on any atom is 0.331 e. The molecule has 0 spiro atoms. The number of hydrogen-bond acceptors (Lipinski definition) is 5. The second kappa shape index (κ2) is 10.3. The molecule has 0 atom stereocenters. The number of anilines is 1. The average Bonchev–Trinajstić information content (AvgIpc) is 2.66. The molecule has 29 heavy (non-hydrogen) atoms. The quantitative estimate of drug-likeness (QED) is 0.328. The van der Waals surface area contributed by atoms with Crippen molar-refractivity contribution in [2.24, 2.45) is 5.73 Å². The normalized spacial score (nSPS) is 15.4. The summed E-state index contributed by atoms with van der Waals surface area (Å²) >= 11 is 0. The second-order valence-corrected chi connectivity index (χ2v) is 6.97. The van der Waals surface area contributed by atoms with Crippen LogP contribution >= 0.6 is 0 Å². The first-order valence-corrected chi connectivity index (χ1v) is 9.49. The van der Waals surface area contributed by atoms with Gasteiger partial charge in [-0.25, -0.2) is 9.59 Å². The van der Waals surface area contributed by atoms with Crippen molar-refractivity contribution in [2.45, 2.75) is 25.7 Å². The van der Waals surface area contributed by atoms with Crippen molar-refractivity contribution < 1.29 is 19.2 Å². The number of imide groups is 2. The maximum absolute atomic E-state index is 12.7. The third-order valence-corrected chi connectivity index (χ3v) is 4.51. The van der Waals surface area contributed by atoms with Gasteiger partial charge in [0.1, 0.15) is 5.57 Å². The Morgan fingerprint density at radius 2 is 1.76 bits per heavy atom. The standard InChI is InChI=1S/C20H27N5O4/c1-24(2)15-9-7-14(8-10-15)13-16-17(26)23-20(29)25(18(16)27)12-6-4-3-5-11-22-19(21)28/h7-10,13H,3-6,11-12H2,1-2H3,(H3,21,22,28)(H,23,26,29). The molecule has 0 radical (unpaired) electrons. The molecule has 1 saturated heterocycles. The predicted octanol–water partition coefficient (Wildman–Crippen LogP) is 1.44. The van der Waals surface area contributed by atoms with E-state index in [1.165, 1.54) is 6.08 Å². The number of urea groups is 2. The highest BCUT2D eigenvalue weighted by molar-refractivity contribution is 6.31. The first-order valence-electron chi connectivity index (χ1n) is 9.49. The Kier molecular flexibility index (Phi) is 7.76. The number of nitrogens with zero attached hydrogens (tertiary/aromatic N) is 2. The van der Waals surface area contributed by atoms with Crippen LogP contribution in [0.1, 0.15) is 31.2 Å². The van der Waals surface area contributed by atoms with Crippen molar-refractivity contribution in [3.05, 3.63) is 35.4 Å². The molecule has 2 rings (SSSR count). The van der Waals surface area contributed by atoms with E-state index in [9.17, 15) is 19.2 Å². The van der Waals surface area contributed by atoms with Gasteiger partial charge in [0, 0.05) is 32.9 Å². The molecule has 4 N–H and O–H groups in total. The molecule has 0 aliphatic carbocycles. The summed E-state index contributed by atoms with van der Waals surface area (Å²) in [6.45, 7) is 0.713. The van der Waals surface area contributed by atoms with E-state index in [2.05, 4.69) is 10.6 Å². The number of amides is 6. The minimum absolute atomic E-state index is 0.0622. The van der Waals surface area contributed by atoms with Crippen LogP contribution in [0.4, 0.5) is 15.3 Å². The lowest BCUT2D eigenvalue weighted by atomic mass is 10.1. The lowest BCUT2D eigenvalue weighted by molar-refractivity contribution is -0.130. The summed E-state index contributed by atoms with van der Waals surface area (Å²) in [6, 6.07) is 6.13. The number of unbranched alkanes of at least 4 members (excludes halogenated alkanes) is 3. The number of barbiturate groups is 1. The van der Waals surface area contributed by atoms with Crippen molar-refractivity contribution in [3.8, 4) is 0 Å². The van der Waals surface area contributed by atoms with Gasteiger partial charge in [0.25, 0.3) is 11.8 Å². The lowest BCUT2D eigenvalue weighted by Gasteiger charge is -2.26. The van der Waals surface area contributed by atoms with Crippen LogP contribution in [0.15, 0.2) is 29.8 Å². The van der Waals surface area contributed by atoms with Gasteiger partial charge in [-0.3, -0.25) is 19.8 Å². The fourth-order valence-corrected chi connectivity index (χ4v) is 2.89. The summed E-state index contributed by atoms with van der Waals surface area (Å²) in [5, 5.41) is 4.73. The van der Waals surface area contributed by atoms with Crippen LogP contribution in [-0.2, 0) is 9.59 Å². The van der Waals surface area contributed by atoms with E-state index in [-0.39, 0.29) is 12.1 Å². The number of carbonyl (C=O) groups excluding carboxylic acids is 4. The minimum atomic E-state index is -0.699. The minimum Gasteiger partial charge on any atom is -0.378 e. The molecule has 156 valence electrons. The number of rotatable bonds is 9. The molecule has 0 bridgehead atoms. The van der Waals surface area contributed by atoms with E-state index in [1.54, 1.807) is 0 Å². The van der Waals surface area contributed by atoms with E-state index >= 15 is 0 Å². The van der Waals surface area contributed by atoms with Crippen molar-refractivity contribution in [2.75, 3.05) is 32.1 Å². The van der Waals surface area contributed by atoms with Gasteiger partial charge in [-0.1, -0.05) is 25.0 Å². The van der Waals surface area contributed by atoms with Crippen molar-refractivity contribution >= 4 is 35.6 Å². The van der Waals surface area contributed by atoms with Gasteiger partial charge in [-0.15, -0.1) is 0 Å². The molecule has 1 aliphatic rings. The SMILES string of the molecule is CN(C)c1ccc(C=C2C(=O)NC(=O)N(CCCCCCNC(N)=O)C2=O)cc1. The van der Waals surface area contributed by atoms with Gasteiger partial charge in [0.2, 0.25) is 0 Å². The topological polar surface area (TPSA) is 125 Å². The summed E-state index contributed by atoms with van der Waals surface area (Å²) in [7, 11) is 3.84. The number of nitrogens with two attached hydrogens (primary N) is 1. The highest BCUT2D eigenvalue weighted by atomic mass is 16.2. The Morgan fingerprint density at radius 1 is 1.10 bits per heavy atom. The zero-order valence-electron chi connectivity index (χ0n) is 16.7. The van der Waals surface area contributed by atoms with Crippen LogP contribution in [0.2, 0.25) is 0 Å². The lowest BCUT2D eigenvalue weighted by Crippen LogP contribution is -2.54. The first-order chi connectivity index (χ1) is 13.8. The molecule has 0 aromatic heterocycles. The van der Waals surface area contributed by atoms with E-state index < -0.39 is 23.9 Å². The van der Waals surface area contributed by atoms with Gasteiger partial charge in [-0.2, -0.15) is 0 Å². The van der Waals surface area contributed by atoms with Crippen molar-refractivity contribution in [1.29, 1.82) is 0 Å². The molecule has 9 nitrogen and oxygen atoms in total. The summed E-state index contributed by atoms with van der Waals surface area (Å²) in [5.41, 5.74) is 6.62. The molecule has 1 aliphatic heterocycles. The molecule has 1 aromatic rings. The van der Waals surface area contributed by atoms with Crippen molar-refractivity contribution in [1.82, 2.24) is 15.5 Å². The van der Waals surface area contributed by atoms with E-state index in [4.69, 9.17) is 5.73 Å². The van der Waals surface area contributed by atoms with Crippen LogP contribution in [0.25, 0.3) is 6.08 Å². The third kappa shape index (κ3) is 6.34. The molecular weight excluding hydrogens is 374 g/mol. The second-order valence-electron chi connectivity index (χ2n) is 6.97. The summed E-state index contributed by atoms with van der Waals surface area (Å²) in [5.74, 6) is -1.28. The molecule has 0 unspecified atom stereocenters. The van der Waals surface area contributed by atoms with Gasteiger partial charge < -0.3 is 16.0 Å². The maximum atomic E-state index is 12.7. The number of nitrogens with one attached hydrogen (secondary N) is 2. The highest BCUT2D eigenvalue weighted by Crippen LogP contribution is 2.18. The van der Waals surface area contributed by atoms with Crippen LogP contribution in [0.3, 0.4) is 0 Å². The van der Waals surface area contributed by atoms with E-state index in [1.807, 2.05) is 43.3 Å². The first kappa shape index (κ1) is 21.9. The molecule has 0 saturated carbocycles. The Bertz CT molecular complexity index is 802. The molecular formula is C20H27N5O4. The van der Waals surface area contributed by atoms with E-state index in [0.29, 0.717) is 18.5 Å².